The molecule has 0 saturated heterocycles. The summed E-state index contributed by atoms with van der Waals surface area (Å²) < 4.78 is 0. The molecule has 1 aromatic rings. The summed E-state index contributed by atoms with van der Waals surface area (Å²) in [7, 11) is 0. The van der Waals surface area contributed by atoms with E-state index in [1.165, 1.54) is 6.20 Å². The lowest BCUT2D eigenvalue weighted by Gasteiger charge is -2.04. The third-order valence-electron chi connectivity index (χ3n) is 2.22. The molecule has 3 nitrogen and oxygen atoms in total. The normalized spacial score (nSPS) is 12.2. The summed E-state index contributed by atoms with van der Waals surface area (Å²) in [5.41, 5.74) is 2.24. The van der Waals surface area contributed by atoms with Crippen molar-refractivity contribution in [1.29, 1.82) is 0 Å². The van der Waals surface area contributed by atoms with Crippen LogP contribution in [0.25, 0.3) is 0 Å². The Morgan fingerprint density at radius 1 is 1.39 bits per heavy atom. The standard InChI is InChI=1S/C14H15ClN2O/c1-4-10(2)5-6-11(3)17-14(18)12-7-8-13(15)16-9-12/h4-9H,1H2,2-3H3,(H,17,18)/b10-5-,11-6+. The number of rotatable bonds is 4. The average Bonchev–Trinajstić information content (AvgIpc) is 2.36. The Kier molecular flexibility index (Phi) is 5.33. The third-order valence-corrected chi connectivity index (χ3v) is 2.44. The Balaban J connectivity index is 2.70. The number of nitrogens with zero attached hydrogens (tertiary/aromatic N) is 1. The van der Waals surface area contributed by atoms with Crippen molar-refractivity contribution in [2.24, 2.45) is 0 Å². The van der Waals surface area contributed by atoms with E-state index in [0.29, 0.717) is 10.7 Å². The fourth-order valence-electron chi connectivity index (χ4n) is 1.13. The SMILES string of the molecule is C=C/C(C)=C\C=C(/C)NC(=O)c1ccc(Cl)nc1. The van der Waals surface area contributed by atoms with Crippen LogP contribution in [0.2, 0.25) is 5.15 Å². The van der Waals surface area contributed by atoms with Crippen LogP contribution in [-0.2, 0) is 0 Å². The molecule has 0 unspecified atom stereocenters. The van der Waals surface area contributed by atoms with Crippen LogP contribution in [-0.4, -0.2) is 10.9 Å². The molecule has 0 atom stereocenters. The first-order valence-electron chi connectivity index (χ1n) is 5.43. The van der Waals surface area contributed by atoms with Gasteiger partial charge in [0.15, 0.2) is 0 Å². The van der Waals surface area contributed by atoms with Crippen LogP contribution in [0, 0.1) is 0 Å². The summed E-state index contributed by atoms with van der Waals surface area (Å²) in [4.78, 5) is 15.7. The Morgan fingerprint density at radius 3 is 2.67 bits per heavy atom. The second-order valence-electron chi connectivity index (χ2n) is 3.79. The van der Waals surface area contributed by atoms with Gasteiger partial charge in [0.1, 0.15) is 5.15 Å². The summed E-state index contributed by atoms with van der Waals surface area (Å²) in [6, 6.07) is 3.21. The van der Waals surface area contributed by atoms with Gasteiger partial charge in [-0.2, -0.15) is 0 Å². The number of hydrogen-bond acceptors (Lipinski definition) is 2. The molecule has 0 aromatic carbocycles. The number of pyridine rings is 1. The molecule has 4 heteroatoms. The van der Waals surface area contributed by atoms with E-state index in [-0.39, 0.29) is 5.91 Å². The first-order valence-corrected chi connectivity index (χ1v) is 5.81. The lowest BCUT2D eigenvalue weighted by atomic mass is 10.2. The van der Waals surface area contributed by atoms with Gasteiger partial charge in [0, 0.05) is 11.9 Å². The van der Waals surface area contributed by atoms with Crippen molar-refractivity contribution in [2.75, 3.05) is 0 Å². The van der Waals surface area contributed by atoms with Gasteiger partial charge in [-0.1, -0.05) is 35.9 Å². The van der Waals surface area contributed by atoms with Gasteiger partial charge >= 0.3 is 0 Å². The molecule has 0 radical (unpaired) electrons. The quantitative estimate of drug-likeness (QED) is 0.667. The maximum absolute atomic E-state index is 11.8. The lowest BCUT2D eigenvalue weighted by Crippen LogP contribution is -2.21. The van der Waals surface area contributed by atoms with Gasteiger partial charge in [0.05, 0.1) is 5.56 Å². The van der Waals surface area contributed by atoms with Gasteiger partial charge in [-0.05, 0) is 32.1 Å². The molecule has 18 heavy (non-hydrogen) atoms. The molecule has 1 amide bonds. The fourth-order valence-corrected chi connectivity index (χ4v) is 1.24. The second-order valence-corrected chi connectivity index (χ2v) is 4.18. The zero-order valence-electron chi connectivity index (χ0n) is 10.4. The Labute approximate surface area is 112 Å². The first kappa shape index (κ1) is 14.2. The van der Waals surface area contributed by atoms with E-state index < -0.39 is 0 Å². The number of hydrogen-bond donors (Lipinski definition) is 1. The van der Waals surface area contributed by atoms with Crippen LogP contribution in [0.1, 0.15) is 24.2 Å². The van der Waals surface area contributed by atoms with Gasteiger partial charge in [-0.15, -0.1) is 0 Å². The molecule has 0 spiro atoms. The Hall–Kier alpha value is -1.87. The highest BCUT2D eigenvalue weighted by Gasteiger charge is 2.05. The van der Waals surface area contributed by atoms with Crippen LogP contribution >= 0.6 is 11.6 Å². The maximum Gasteiger partial charge on any atom is 0.256 e. The molecule has 0 aliphatic carbocycles. The molecule has 1 N–H and O–H groups in total. The molecule has 0 bridgehead atoms. The number of carbonyl (C=O) groups is 1. The molecule has 94 valence electrons. The van der Waals surface area contributed by atoms with Crippen molar-refractivity contribution >= 4 is 17.5 Å². The molecular formula is C14H15ClN2O. The largest absolute Gasteiger partial charge is 0.326 e. The number of amides is 1. The lowest BCUT2D eigenvalue weighted by molar-refractivity contribution is 0.0965. The second kappa shape index (κ2) is 6.77. The van der Waals surface area contributed by atoms with Crippen molar-refractivity contribution < 1.29 is 4.79 Å². The minimum Gasteiger partial charge on any atom is -0.326 e. The van der Waals surface area contributed by atoms with Gasteiger partial charge in [0.25, 0.3) is 5.91 Å². The minimum absolute atomic E-state index is 0.211. The zero-order chi connectivity index (χ0) is 13.5. The molecule has 1 heterocycles. The highest BCUT2D eigenvalue weighted by molar-refractivity contribution is 6.29. The van der Waals surface area contributed by atoms with Crippen molar-refractivity contribution in [2.45, 2.75) is 13.8 Å². The van der Waals surface area contributed by atoms with Gasteiger partial charge < -0.3 is 5.32 Å². The number of carbonyl (C=O) groups excluding carboxylic acids is 1. The molecule has 0 saturated carbocycles. The van der Waals surface area contributed by atoms with E-state index in [1.54, 1.807) is 18.2 Å². The predicted molar refractivity (Wildman–Crippen MR) is 74.4 cm³/mol. The average molecular weight is 263 g/mol. The van der Waals surface area contributed by atoms with Crippen molar-refractivity contribution in [1.82, 2.24) is 10.3 Å². The summed E-state index contributed by atoms with van der Waals surface area (Å²) in [6.45, 7) is 7.40. The minimum atomic E-state index is -0.211. The fraction of sp³-hybridized carbons (Fsp3) is 0.143. The summed E-state index contributed by atoms with van der Waals surface area (Å²) in [5, 5.41) is 3.12. The maximum atomic E-state index is 11.8. The predicted octanol–water partition coefficient (Wildman–Crippen LogP) is 3.50. The van der Waals surface area contributed by atoms with Gasteiger partial charge in [-0.3, -0.25) is 4.79 Å². The van der Waals surface area contributed by atoms with E-state index in [2.05, 4.69) is 16.9 Å². The molecule has 0 fully saturated rings. The zero-order valence-corrected chi connectivity index (χ0v) is 11.2. The van der Waals surface area contributed by atoms with Crippen LogP contribution in [0.15, 0.2) is 54.4 Å². The highest BCUT2D eigenvalue weighted by Crippen LogP contribution is 2.05. The van der Waals surface area contributed by atoms with Crippen molar-refractivity contribution in [3.05, 3.63) is 65.1 Å². The summed E-state index contributed by atoms with van der Waals surface area (Å²) >= 11 is 5.65. The Morgan fingerprint density at radius 2 is 2.11 bits per heavy atom. The smallest absolute Gasteiger partial charge is 0.256 e. The van der Waals surface area contributed by atoms with Crippen molar-refractivity contribution in [3.8, 4) is 0 Å². The van der Waals surface area contributed by atoms with Gasteiger partial charge in [0.2, 0.25) is 0 Å². The first-order chi connectivity index (χ1) is 8.52. The number of nitrogens with one attached hydrogen (secondary N) is 1. The monoisotopic (exact) mass is 262 g/mol. The number of halogens is 1. The molecular weight excluding hydrogens is 248 g/mol. The summed E-state index contributed by atoms with van der Waals surface area (Å²) in [5.74, 6) is -0.211. The summed E-state index contributed by atoms with van der Waals surface area (Å²) in [6.07, 6.45) is 6.88. The molecule has 1 rings (SSSR count). The molecule has 0 aliphatic heterocycles. The van der Waals surface area contributed by atoms with Gasteiger partial charge in [-0.25, -0.2) is 4.98 Å². The van der Waals surface area contributed by atoms with Crippen LogP contribution in [0.5, 0.6) is 0 Å². The highest BCUT2D eigenvalue weighted by atomic mass is 35.5. The number of aromatic nitrogens is 1. The third kappa shape index (κ3) is 4.55. The Bertz CT molecular complexity index is 501. The van der Waals surface area contributed by atoms with Crippen LogP contribution in [0.3, 0.4) is 0 Å². The van der Waals surface area contributed by atoms with E-state index in [9.17, 15) is 4.79 Å². The van der Waals surface area contributed by atoms with E-state index in [0.717, 1.165) is 11.3 Å². The van der Waals surface area contributed by atoms with E-state index in [4.69, 9.17) is 11.6 Å². The topological polar surface area (TPSA) is 42.0 Å². The van der Waals surface area contributed by atoms with E-state index >= 15 is 0 Å². The molecule has 0 aliphatic rings. The molecule has 1 aromatic heterocycles. The van der Waals surface area contributed by atoms with Crippen LogP contribution in [0.4, 0.5) is 0 Å². The number of allylic oxidation sites excluding steroid dienone is 5. The van der Waals surface area contributed by atoms with E-state index in [1.807, 2.05) is 26.0 Å². The van der Waals surface area contributed by atoms with Crippen LogP contribution < -0.4 is 5.32 Å². The van der Waals surface area contributed by atoms with Crippen molar-refractivity contribution in [3.63, 3.8) is 0 Å².